The molecule has 1 atom stereocenters. The highest BCUT2D eigenvalue weighted by atomic mass is 31.2. The SMILES string of the molecule is Nc1ncnc2c1ncn2C[C@H](C[18F])OCP(=O)(O)O. The number of nitrogens with two attached hydrogens (primary N) is 1. The van der Waals surface area contributed by atoms with Crippen molar-refractivity contribution < 1.29 is 23.5 Å². The summed E-state index contributed by atoms with van der Waals surface area (Å²) in [5.41, 5.74) is 6.39. The first-order valence-corrected chi connectivity index (χ1v) is 7.34. The van der Waals surface area contributed by atoms with Crippen LogP contribution in [0.4, 0.5) is 10.2 Å². The van der Waals surface area contributed by atoms with Crippen molar-refractivity contribution in [2.45, 2.75) is 12.6 Å². The van der Waals surface area contributed by atoms with Crippen LogP contribution in [-0.4, -0.2) is 48.4 Å². The Morgan fingerprint density at radius 1 is 1.45 bits per heavy atom. The lowest BCUT2D eigenvalue weighted by atomic mass is 10.4. The Labute approximate surface area is 112 Å². The Bertz CT molecular complexity index is 644. The van der Waals surface area contributed by atoms with Gasteiger partial charge in [-0.15, -0.1) is 0 Å². The summed E-state index contributed by atoms with van der Waals surface area (Å²) in [4.78, 5) is 29.2. The first kappa shape index (κ1) is 14.8. The minimum Gasteiger partial charge on any atom is -0.382 e. The number of halogens is 1. The van der Waals surface area contributed by atoms with Gasteiger partial charge in [-0.3, -0.25) is 4.57 Å². The van der Waals surface area contributed by atoms with Gasteiger partial charge in [0.05, 0.1) is 12.9 Å². The van der Waals surface area contributed by atoms with E-state index in [2.05, 4.69) is 15.0 Å². The second-order valence-electron chi connectivity index (χ2n) is 4.06. The van der Waals surface area contributed by atoms with E-state index in [0.29, 0.717) is 11.2 Å². The summed E-state index contributed by atoms with van der Waals surface area (Å²) < 4.78 is 29.9. The van der Waals surface area contributed by atoms with Gasteiger partial charge in [0, 0.05) is 0 Å². The van der Waals surface area contributed by atoms with Gasteiger partial charge >= 0.3 is 7.60 Å². The molecule has 0 aliphatic heterocycles. The van der Waals surface area contributed by atoms with Crippen LogP contribution in [0.2, 0.25) is 0 Å². The van der Waals surface area contributed by atoms with Crippen molar-refractivity contribution in [2.24, 2.45) is 0 Å². The molecule has 0 amide bonds. The molecule has 2 rings (SSSR count). The van der Waals surface area contributed by atoms with E-state index in [-0.39, 0.29) is 12.4 Å². The molecule has 2 aromatic rings. The molecule has 0 aliphatic carbocycles. The Morgan fingerprint density at radius 3 is 2.85 bits per heavy atom. The second-order valence-corrected chi connectivity index (χ2v) is 5.65. The summed E-state index contributed by atoms with van der Waals surface area (Å²) in [5, 5.41) is 0. The molecule has 0 spiro atoms. The minimum atomic E-state index is -4.34. The lowest BCUT2D eigenvalue weighted by molar-refractivity contribution is 0.0445. The van der Waals surface area contributed by atoms with E-state index in [0.717, 1.165) is 0 Å². The van der Waals surface area contributed by atoms with Crippen LogP contribution in [0.5, 0.6) is 0 Å². The van der Waals surface area contributed by atoms with Gasteiger partial charge in [0.2, 0.25) is 0 Å². The number of anilines is 1. The largest absolute Gasteiger partial charge is 0.382 e. The molecule has 2 aromatic heterocycles. The van der Waals surface area contributed by atoms with Crippen LogP contribution < -0.4 is 5.73 Å². The molecule has 11 heteroatoms. The van der Waals surface area contributed by atoms with Crippen LogP contribution in [0.25, 0.3) is 11.2 Å². The number of hydrogen-bond acceptors (Lipinski definition) is 6. The number of rotatable bonds is 6. The number of hydrogen-bond donors (Lipinski definition) is 3. The lowest BCUT2D eigenvalue weighted by Crippen LogP contribution is -2.22. The second kappa shape index (κ2) is 5.80. The van der Waals surface area contributed by atoms with Crippen LogP contribution in [0, 0.1) is 0 Å². The Morgan fingerprint density at radius 2 is 2.20 bits per heavy atom. The number of imidazole rings is 1. The van der Waals surface area contributed by atoms with Crippen molar-refractivity contribution in [2.75, 3.05) is 18.8 Å². The molecule has 0 aliphatic rings. The summed E-state index contributed by atoms with van der Waals surface area (Å²) in [5.74, 6) is 0.196. The lowest BCUT2D eigenvalue weighted by Gasteiger charge is -2.15. The van der Waals surface area contributed by atoms with Crippen molar-refractivity contribution in [3.8, 4) is 0 Å². The van der Waals surface area contributed by atoms with Crippen molar-refractivity contribution in [1.82, 2.24) is 19.5 Å². The molecule has 9 nitrogen and oxygen atoms in total. The standard InChI is InChI=1S/C9H13FN5O4P/c10-1-6(19-5-20(16,17)18)2-15-4-14-7-8(11)12-3-13-9(7)15/h3-4,6H,1-2,5H2,(H2,11,12,13)(H2,16,17,18)/t6-/m0/s1/i10-1. The zero-order chi connectivity index (χ0) is 14.8. The maximum Gasteiger partial charge on any atom is 0.350 e. The van der Waals surface area contributed by atoms with Crippen molar-refractivity contribution in [3.63, 3.8) is 0 Å². The van der Waals surface area contributed by atoms with Crippen LogP contribution in [-0.2, 0) is 15.8 Å². The van der Waals surface area contributed by atoms with Crippen molar-refractivity contribution in [3.05, 3.63) is 12.7 Å². The molecular formula is C9H13FN5O4P. The third kappa shape index (κ3) is 3.48. The quantitative estimate of drug-likeness (QED) is 0.629. The number of nitrogen functional groups attached to an aromatic ring is 1. The molecule has 0 aromatic carbocycles. The van der Waals surface area contributed by atoms with Crippen LogP contribution >= 0.6 is 7.60 Å². The summed E-state index contributed by atoms with van der Waals surface area (Å²) in [7, 11) is -4.34. The summed E-state index contributed by atoms with van der Waals surface area (Å²) in [6.45, 7) is -0.899. The van der Waals surface area contributed by atoms with E-state index < -0.39 is 26.7 Å². The normalized spacial score (nSPS) is 13.8. The van der Waals surface area contributed by atoms with Gasteiger partial charge in [-0.1, -0.05) is 0 Å². The zero-order valence-electron chi connectivity index (χ0n) is 10.3. The molecule has 0 saturated heterocycles. The minimum absolute atomic E-state index is 0.00343. The van der Waals surface area contributed by atoms with E-state index in [4.69, 9.17) is 20.3 Å². The van der Waals surface area contributed by atoms with Gasteiger partial charge in [0.15, 0.2) is 11.5 Å². The van der Waals surface area contributed by atoms with Gasteiger partial charge in [-0.2, -0.15) is 0 Å². The molecule has 20 heavy (non-hydrogen) atoms. The molecular weight excluding hydrogens is 291 g/mol. The number of aromatic nitrogens is 4. The van der Waals surface area contributed by atoms with Crippen LogP contribution in [0.1, 0.15) is 0 Å². The van der Waals surface area contributed by atoms with E-state index in [9.17, 15) is 8.96 Å². The average molecular weight is 304 g/mol. The number of ether oxygens (including phenoxy) is 1. The third-order valence-corrected chi connectivity index (χ3v) is 2.97. The highest BCUT2D eigenvalue weighted by Gasteiger charge is 2.19. The number of nitrogens with zero attached hydrogens (tertiary/aromatic N) is 4. The molecule has 4 N–H and O–H groups in total. The van der Waals surface area contributed by atoms with Crippen LogP contribution in [0.3, 0.4) is 0 Å². The van der Waals surface area contributed by atoms with E-state index >= 15 is 0 Å². The molecule has 110 valence electrons. The maximum absolute atomic E-state index is 12.8. The fraction of sp³-hybridized carbons (Fsp3) is 0.444. The fourth-order valence-corrected chi connectivity index (χ4v) is 2.01. The van der Waals surface area contributed by atoms with Gasteiger partial charge in [-0.05, 0) is 0 Å². The highest BCUT2D eigenvalue weighted by molar-refractivity contribution is 7.51. The van der Waals surface area contributed by atoms with Gasteiger partial charge in [0.1, 0.15) is 31.0 Å². The Balaban J connectivity index is 2.14. The highest BCUT2D eigenvalue weighted by Crippen LogP contribution is 2.34. The predicted octanol–water partition coefficient (Wildman–Crippen LogP) is -0.102. The number of fused-ring (bicyclic) bond motifs is 1. The predicted molar refractivity (Wildman–Crippen MR) is 67.5 cm³/mol. The Kier molecular flexibility index (Phi) is 4.29. The molecule has 0 unspecified atom stereocenters. The Hall–Kier alpha value is -1.61. The summed E-state index contributed by atoms with van der Waals surface area (Å²) >= 11 is 0. The van der Waals surface area contributed by atoms with Gasteiger partial charge in [0.25, 0.3) is 0 Å². The molecule has 2 heterocycles. The zero-order valence-corrected chi connectivity index (χ0v) is 11.2. The van der Waals surface area contributed by atoms with Crippen molar-refractivity contribution in [1.29, 1.82) is 0 Å². The van der Waals surface area contributed by atoms with Crippen LogP contribution in [0.15, 0.2) is 12.7 Å². The van der Waals surface area contributed by atoms with E-state index in [1.807, 2.05) is 0 Å². The topological polar surface area (TPSA) is 136 Å². The molecule has 0 fully saturated rings. The molecule has 0 bridgehead atoms. The molecule has 0 saturated carbocycles. The van der Waals surface area contributed by atoms with Gasteiger partial charge < -0.3 is 24.8 Å². The van der Waals surface area contributed by atoms with Crippen molar-refractivity contribution >= 4 is 24.6 Å². The first-order valence-electron chi connectivity index (χ1n) is 5.54. The summed E-state index contributed by atoms with van der Waals surface area (Å²) in [6, 6.07) is 0. The smallest absolute Gasteiger partial charge is 0.350 e. The van der Waals surface area contributed by atoms with E-state index in [1.165, 1.54) is 17.2 Å². The number of alkyl halides is 1. The molecule has 0 radical (unpaired) electrons. The van der Waals surface area contributed by atoms with Gasteiger partial charge in [-0.25, -0.2) is 19.3 Å². The van der Waals surface area contributed by atoms with E-state index in [1.54, 1.807) is 0 Å². The third-order valence-electron chi connectivity index (χ3n) is 2.48. The average Bonchev–Trinajstić information content (AvgIpc) is 2.78. The fourth-order valence-electron chi connectivity index (χ4n) is 1.60. The maximum atomic E-state index is 12.8. The first-order chi connectivity index (χ1) is 9.40. The monoisotopic (exact) mass is 304 g/mol. The summed E-state index contributed by atoms with van der Waals surface area (Å²) in [6.07, 6.45) is 0.776.